The second-order valence-electron chi connectivity index (χ2n) is 4.96. The third-order valence-electron chi connectivity index (χ3n) is 3.54. The van der Waals surface area contributed by atoms with Crippen LogP contribution < -0.4 is 15.8 Å². The molecule has 1 rings (SSSR count). The van der Waals surface area contributed by atoms with E-state index in [1.54, 1.807) is 7.11 Å². The van der Waals surface area contributed by atoms with Crippen LogP contribution in [0.1, 0.15) is 44.7 Å². The number of nitrogens with one attached hydrogen (secondary N) is 1. The van der Waals surface area contributed by atoms with Crippen LogP contribution in [0.2, 0.25) is 0 Å². The van der Waals surface area contributed by atoms with E-state index in [0.29, 0.717) is 6.54 Å². The Morgan fingerprint density at radius 1 is 1.30 bits per heavy atom. The molecule has 1 aromatic carbocycles. The minimum Gasteiger partial charge on any atom is -0.497 e. The predicted octanol–water partition coefficient (Wildman–Crippen LogP) is 2.64. The van der Waals surface area contributed by atoms with Crippen molar-refractivity contribution in [3.05, 3.63) is 29.8 Å². The fourth-order valence-corrected chi connectivity index (χ4v) is 2.25. The average molecular weight is 278 g/mol. The van der Waals surface area contributed by atoms with Gasteiger partial charge in [-0.05, 0) is 30.5 Å². The van der Waals surface area contributed by atoms with Crippen LogP contribution in [0.25, 0.3) is 0 Å². The quantitative estimate of drug-likeness (QED) is 0.768. The van der Waals surface area contributed by atoms with Gasteiger partial charge in [0.25, 0.3) is 0 Å². The van der Waals surface area contributed by atoms with Crippen molar-refractivity contribution in [3.8, 4) is 5.75 Å². The molecular formula is C16H26N2O2. The predicted molar refractivity (Wildman–Crippen MR) is 81.6 cm³/mol. The lowest BCUT2D eigenvalue weighted by Crippen LogP contribution is -2.37. The highest BCUT2D eigenvalue weighted by atomic mass is 16.5. The largest absolute Gasteiger partial charge is 0.497 e. The Balaban J connectivity index is 2.72. The Bertz CT molecular complexity index is 403. The first-order valence-corrected chi connectivity index (χ1v) is 7.30. The lowest BCUT2D eigenvalue weighted by Gasteiger charge is -2.21. The number of methoxy groups -OCH3 is 1. The fraction of sp³-hybridized carbons (Fsp3) is 0.562. The van der Waals surface area contributed by atoms with Crippen molar-refractivity contribution in [1.29, 1.82) is 0 Å². The van der Waals surface area contributed by atoms with Crippen molar-refractivity contribution in [1.82, 2.24) is 5.32 Å². The number of nitrogens with two attached hydrogens (primary N) is 1. The van der Waals surface area contributed by atoms with E-state index in [1.807, 2.05) is 24.3 Å². The first-order valence-electron chi connectivity index (χ1n) is 7.30. The molecule has 0 saturated carbocycles. The second kappa shape index (κ2) is 8.59. The van der Waals surface area contributed by atoms with Crippen molar-refractivity contribution < 1.29 is 9.53 Å². The number of ether oxygens (including phenoxy) is 1. The molecule has 2 atom stereocenters. The van der Waals surface area contributed by atoms with Crippen molar-refractivity contribution in [3.63, 3.8) is 0 Å². The van der Waals surface area contributed by atoms with Gasteiger partial charge < -0.3 is 15.8 Å². The van der Waals surface area contributed by atoms with E-state index in [-0.39, 0.29) is 17.9 Å². The van der Waals surface area contributed by atoms with Crippen LogP contribution in [0.15, 0.2) is 24.3 Å². The Morgan fingerprint density at radius 2 is 1.95 bits per heavy atom. The first-order chi connectivity index (χ1) is 9.65. The van der Waals surface area contributed by atoms with Gasteiger partial charge in [-0.15, -0.1) is 0 Å². The molecule has 1 aromatic rings. The molecule has 0 radical (unpaired) electrons. The maximum Gasteiger partial charge on any atom is 0.224 e. The van der Waals surface area contributed by atoms with Gasteiger partial charge in [0.2, 0.25) is 5.91 Å². The normalized spacial score (nSPS) is 13.6. The van der Waals surface area contributed by atoms with Gasteiger partial charge in [-0.25, -0.2) is 0 Å². The van der Waals surface area contributed by atoms with Crippen molar-refractivity contribution in [2.75, 3.05) is 13.7 Å². The number of hydrogen-bond donors (Lipinski definition) is 2. The highest BCUT2D eigenvalue weighted by molar-refractivity contribution is 5.79. The Morgan fingerprint density at radius 3 is 2.40 bits per heavy atom. The topological polar surface area (TPSA) is 64.4 Å². The summed E-state index contributed by atoms with van der Waals surface area (Å²) >= 11 is 0. The zero-order valence-electron chi connectivity index (χ0n) is 12.7. The van der Waals surface area contributed by atoms with Gasteiger partial charge in [0.05, 0.1) is 19.1 Å². The van der Waals surface area contributed by atoms with Gasteiger partial charge in [-0.2, -0.15) is 0 Å². The van der Waals surface area contributed by atoms with Crippen LogP contribution >= 0.6 is 0 Å². The maximum atomic E-state index is 12.2. The summed E-state index contributed by atoms with van der Waals surface area (Å²) in [6.45, 7) is 4.53. The van der Waals surface area contributed by atoms with E-state index < -0.39 is 0 Å². The van der Waals surface area contributed by atoms with Crippen molar-refractivity contribution in [2.24, 2.45) is 11.7 Å². The van der Waals surface area contributed by atoms with E-state index in [0.717, 1.165) is 30.6 Å². The summed E-state index contributed by atoms with van der Waals surface area (Å²) in [6.07, 6.45) is 2.65. The summed E-state index contributed by atoms with van der Waals surface area (Å²) in [7, 11) is 1.64. The zero-order chi connectivity index (χ0) is 15.0. The lowest BCUT2D eigenvalue weighted by atomic mass is 10.00. The summed E-state index contributed by atoms with van der Waals surface area (Å²) in [4.78, 5) is 12.2. The molecule has 0 heterocycles. The first kappa shape index (κ1) is 16.5. The monoisotopic (exact) mass is 278 g/mol. The van der Waals surface area contributed by atoms with E-state index in [9.17, 15) is 4.79 Å². The summed E-state index contributed by atoms with van der Waals surface area (Å²) in [5.41, 5.74) is 6.77. The average Bonchev–Trinajstić information content (AvgIpc) is 2.50. The van der Waals surface area contributed by atoms with Crippen molar-refractivity contribution >= 4 is 5.91 Å². The molecule has 0 bridgehead atoms. The number of carbonyl (C=O) groups is 1. The van der Waals surface area contributed by atoms with Gasteiger partial charge in [0.1, 0.15) is 5.75 Å². The third-order valence-corrected chi connectivity index (χ3v) is 3.54. The standard InChI is InChI=1S/C16H26N2O2/c1-4-6-13(11-17)16(19)18-15(5-2)12-7-9-14(20-3)10-8-12/h7-10,13,15H,4-6,11,17H2,1-3H3,(H,18,19). The van der Waals surface area contributed by atoms with Crippen LogP contribution in [0.3, 0.4) is 0 Å². The zero-order valence-corrected chi connectivity index (χ0v) is 12.7. The highest BCUT2D eigenvalue weighted by Gasteiger charge is 2.19. The number of rotatable bonds is 8. The maximum absolute atomic E-state index is 12.2. The molecule has 0 spiro atoms. The van der Waals surface area contributed by atoms with Gasteiger partial charge in [-0.3, -0.25) is 4.79 Å². The molecule has 0 saturated heterocycles. The lowest BCUT2D eigenvalue weighted by molar-refractivity contribution is -0.125. The molecule has 4 heteroatoms. The third kappa shape index (κ3) is 4.53. The minimum atomic E-state index is -0.0905. The second-order valence-corrected chi connectivity index (χ2v) is 4.96. The Labute approximate surface area is 121 Å². The smallest absolute Gasteiger partial charge is 0.224 e. The SMILES string of the molecule is CCCC(CN)C(=O)NC(CC)c1ccc(OC)cc1. The number of amides is 1. The molecule has 1 amide bonds. The fourth-order valence-electron chi connectivity index (χ4n) is 2.25. The molecule has 20 heavy (non-hydrogen) atoms. The van der Waals surface area contributed by atoms with Gasteiger partial charge in [0, 0.05) is 6.54 Å². The Hall–Kier alpha value is -1.55. The van der Waals surface area contributed by atoms with Crippen LogP contribution in [0.4, 0.5) is 0 Å². The molecule has 0 aliphatic carbocycles. The summed E-state index contributed by atoms with van der Waals surface area (Å²) < 4.78 is 5.15. The molecule has 4 nitrogen and oxygen atoms in total. The molecule has 0 aromatic heterocycles. The molecule has 0 fully saturated rings. The number of hydrogen-bond acceptors (Lipinski definition) is 3. The van der Waals surface area contributed by atoms with Crippen LogP contribution in [0.5, 0.6) is 5.75 Å². The van der Waals surface area contributed by atoms with E-state index >= 15 is 0 Å². The highest BCUT2D eigenvalue weighted by Crippen LogP contribution is 2.20. The molecule has 2 unspecified atom stereocenters. The van der Waals surface area contributed by atoms with Crippen molar-refractivity contribution in [2.45, 2.75) is 39.2 Å². The van der Waals surface area contributed by atoms with E-state index in [1.165, 1.54) is 0 Å². The summed E-state index contributed by atoms with van der Waals surface area (Å²) in [6, 6.07) is 7.83. The summed E-state index contributed by atoms with van der Waals surface area (Å²) in [5.74, 6) is 0.782. The van der Waals surface area contributed by atoms with Gasteiger partial charge in [-0.1, -0.05) is 32.4 Å². The Kier molecular flexibility index (Phi) is 7.09. The number of carbonyl (C=O) groups excluding carboxylic acids is 1. The van der Waals surface area contributed by atoms with Crippen LogP contribution in [-0.2, 0) is 4.79 Å². The van der Waals surface area contributed by atoms with E-state index in [4.69, 9.17) is 10.5 Å². The minimum absolute atomic E-state index is 0.0271. The molecule has 0 aliphatic heterocycles. The molecular weight excluding hydrogens is 252 g/mol. The molecule has 0 aliphatic rings. The van der Waals surface area contributed by atoms with Crippen LogP contribution in [0, 0.1) is 5.92 Å². The van der Waals surface area contributed by atoms with Crippen LogP contribution in [-0.4, -0.2) is 19.6 Å². The van der Waals surface area contributed by atoms with Gasteiger partial charge in [0.15, 0.2) is 0 Å². The number of benzene rings is 1. The summed E-state index contributed by atoms with van der Waals surface area (Å²) in [5, 5.41) is 3.10. The molecule has 3 N–H and O–H groups in total. The molecule has 112 valence electrons. The van der Waals surface area contributed by atoms with E-state index in [2.05, 4.69) is 19.2 Å². The van der Waals surface area contributed by atoms with Gasteiger partial charge >= 0.3 is 0 Å².